The van der Waals surface area contributed by atoms with Gasteiger partial charge in [-0.3, -0.25) is 4.89 Å². The maximum atomic E-state index is 11.2. The van der Waals surface area contributed by atoms with E-state index in [-0.39, 0.29) is 5.41 Å². The van der Waals surface area contributed by atoms with Crippen LogP contribution in [0.2, 0.25) is 0 Å². The Morgan fingerprint density at radius 3 is 1.94 bits per heavy atom. The zero-order valence-electron chi connectivity index (χ0n) is 11.9. The van der Waals surface area contributed by atoms with E-state index in [2.05, 4.69) is 30.4 Å². The topological polar surface area (TPSA) is 61.8 Å². The molecular weight excluding hydrogens is 236 g/mol. The highest BCUT2D eigenvalue weighted by Crippen LogP contribution is 2.29. The second-order valence-corrected chi connectivity index (χ2v) is 5.84. The molecule has 0 atom stereocenters. The number of ether oxygens (including phenoxy) is 1. The second kappa shape index (κ2) is 6.54. The maximum Gasteiger partial charge on any atom is 0.366 e. The monoisotopic (exact) mass is 258 g/mol. The van der Waals surface area contributed by atoms with Crippen LogP contribution in [-0.4, -0.2) is 24.6 Å². The Bertz CT molecular complexity index is 323. The van der Waals surface area contributed by atoms with E-state index in [0.29, 0.717) is 6.42 Å². The van der Waals surface area contributed by atoms with Crippen LogP contribution in [0, 0.1) is 5.41 Å². The molecule has 18 heavy (non-hydrogen) atoms. The molecule has 0 bridgehead atoms. The van der Waals surface area contributed by atoms with E-state index < -0.39 is 17.5 Å². The molecule has 0 saturated carbocycles. The second-order valence-electron chi connectivity index (χ2n) is 5.84. The van der Waals surface area contributed by atoms with Crippen LogP contribution in [0.3, 0.4) is 0 Å². The maximum absolute atomic E-state index is 11.2. The van der Waals surface area contributed by atoms with Gasteiger partial charge in [-0.05, 0) is 25.7 Å². The number of rotatable bonds is 5. The molecule has 0 aliphatic heterocycles. The summed E-state index contributed by atoms with van der Waals surface area (Å²) in [6, 6.07) is 0. The predicted octanol–water partition coefficient (Wildman–Crippen LogP) is 2.41. The molecule has 0 spiro atoms. The molecule has 104 valence electrons. The smallest absolute Gasteiger partial charge is 0.366 e. The fraction of sp³-hybridized carbons (Fsp3) is 0.692. The SMILES string of the molecule is COC(=O)/C=C/C(=O)OOC(C)(C)CC(C)(C)C. The lowest BCUT2D eigenvalue weighted by molar-refractivity contribution is -0.326. The molecule has 5 nitrogen and oxygen atoms in total. The lowest BCUT2D eigenvalue weighted by Gasteiger charge is -2.30. The molecule has 0 amide bonds. The van der Waals surface area contributed by atoms with Crippen LogP contribution in [0.25, 0.3) is 0 Å². The van der Waals surface area contributed by atoms with Crippen LogP contribution >= 0.6 is 0 Å². The van der Waals surface area contributed by atoms with Crippen molar-refractivity contribution in [3.8, 4) is 0 Å². The molecule has 0 aromatic rings. The summed E-state index contributed by atoms with van der Waals surface area (Å²) in [5, 5.41) is 0. The first-order chi connectivity index (χ1) is 8.06. The number of carbonyl (C=O) groups excluding carboxylic acids is 2. The Hall–Kier alpha value is -1.36. The van der Waals surface area contributed by atoms with Gasteiger partial charge in [0.1, 0.15) is 5.60 Å². The Kier molecular flexibility index (Phi) is 6.05. The average Bonchev–Trinajstić information content (AvgIpc) is 2.19. The third-order valence-corrected chi connectivity index (χ3v) is 1.86. The van der Waals surface area contributed by atoms with E-state index >= 15 is 0 Å². The molecule has 5 heteroatoms. The van der Waals surface area contributed by atoms with Gasteiger partial charge in [0.25, 0.3) is 0 Å². The minimum atomic E-state index is -0.748. The van der Waals surface area contributed by atoms with Crippen molar-refractivity contribution in [2.45, 2.75) is 46.6 Å². The van der Waals surface area contributed by atoms with E-state index in [4.69, 9.17) is 4.89 Å². The summed E-state index contributed by atoms with van der Waals surface area (Å²) in [5.74, 6) is -1.37. The molecule has 0 unspecified atom stereocenters. The van der Waals surface area contributed by atoms with Crippen molar-refractivity contribution >= 4 is 11.9 Å². The van der Waals surface area contributed by atoms with Crippen molar-refractivity contribution in [2.75, 3.05) is 7.11 Å². The van der Waals surface area contributed by atoms with E-state index in [1.165, 1.54) is 7.11 Å². The average molecular weight is 258 g/mol. The molecule has 0 aliphatic carbocycles. The highest BCUT2D eigenvalue weighted by Gasteiger charge is 2.28. The Labute approximate surface area is 108 Å². The number of methoxy groups -OCH3 is 1. The van der Waals surface area contributed by atoms with Crippen molar-refractivity contribution in [1.82, 2.24) is 0 Å². The number of esters is 1. The number of carbonyl (C=O) groups is 2. The van der Waals surface area contributed by atoms with Crippen molar-refractivity contribution in [3.05, 3.63) is 12.2 Å². The first-order valence-electron chi connectivity index (χ1n) is 5.71. The van der Waals surface area contributed by atoms with Gasteiger partial charge in [0.15, 0.2) is 0 Å². The zero-order chi connectivity index (χ0) is 14.4. The van der Waals surface area contributed by atoms with E-state index in [1.807, 2.05) is 13.8 Å². The predicted molar refractivity (Wildman–Crippen MR) is 66.5 cm³/mol. The Balaban J connectivity index is 4.20. The molecule has 0 radical (unpaired) electrons. The van der Waals surface area contributed by atoms with Gasteiger partial charge >= 0.3 is 11.9 Å². The molecule has 0 saturated heterocycles. The first kappa shape index (κ1) is 16.6. The van der Waals surface area contributed by atoms with Gasteiger partial charge in [-0.2, -0.15) is 4.89 Å². The van der Waals surface area contributed by atoms with Crippen LogP contribution in [0.5, 0.6) is 0 Å². The Morgan fingerprint density at radius 2 is 1.50 bits per heavy atom. The third-order valence-electron chi connectivity index (χ3n) is 1.86. The van der Waals surface area contributed by atoms with Crippen LogP contribution in [0.15, 0.2) is 12.2 Å². The lowest BCUT2D eigenvalue weighted by Crippen LogP contribution is -2.31. The summed E-state index contributed by atoms with van der Waals surface area (Å²) in [6.45, 7) is 9.86. The fourth-order valence-corrected chi connectivity index (χ4v) is 1.69. The molecular formula is C13H22O5. The van der Waals surface area contributed by atoms with Crippen molar-refractivity contribution < 1.29 is 24.1 Å². The van der Waals surface area contributed by atoms with Gasteiger partial charge in [0.2, 0.25) is 0 Å². The summed E-state index contributed by atoms with van der Waals surface area (Å²) < 4.78 is 4.34. The van der Waals surface area contributed by atoms with E-state index in [9.17, 15) is 9.59 Å². The van der Waals surface area contributed by atoms with Gasteiger partial charge in [0.05, 0.1) is 7.11 Å². The third kappa shape index (κ3) is 8.75. The van der Waals surface area contributed by atoms with Crippen LogP contribution in [0.1, 0.15) is 41.0 Å². The molecule has 0 N–H and O–H groups in total. The molecule has 0 aromatic heterocycles. The van der Waals surface area contributed by atoms with Crippen molar-refractivity contribution in [2.24, 2.45) is 5.41 Å². The van der Waals surface area contributed by atoms with E-state index in [1.54, 1.807) is 0 Å². The summed E-state index contributed by atoms with van der Waals surface area (Å²) in [6.07, 6.45) is 2.65. The van der Waals surface area contributed by atoms with Gasteiger partial charge in [-0.25, -0.2) is 9.59 Å². The van der Waals surface area contributed by atoms with Crippen LogP contribution in [-0.2, 0) is 24.1 Å². The normalized spacial score (nSPS) is 12.6. The van der Waals surface area contributed by atoms with Gasteiger partial charge in [-0.15, -0.1) is 0 Å². The molecule has 0 rings (SSSR count). The van der Waals surface area contributed by atoms with E-state index in [0.717, 1.165) is 12.2 Å². The standard InChI is InChI=1S/C13H22O5/c1-12(2,3)9-13(4,5)18-17-11(15)8-7-10(14)16-6/h7-8H,9H2,1-6H3/b8-7+. The lowest BCUT2D eigenvalue weighted by atomic mass is 9.84. The summed E-state index contributed by atoms with van der Waals surface area (Å²) in [4.78, 5) is 31.7. The van der Waals surface area contributed by atoms with Crippen LogP contribution in [0.4, 0.5) is 0 Å². The first-order valence-corrected chi connectivity index (χ1v) is 5.71. The van der Waals surface area contributed by atoms with Gasteiger partial charge < -0.3 is 4.74 Å². The van der Waals surface area contributed by atoms with Crippen molar-refractivity contribution in [1.29, 1.82) is 0 Å². The minimum Gasteiger partial charge on any atom is -0.466 e. The highest BCUT2D eigenvalue weighted by atomic mass is 17.2. The minimum absolute atomic E-state index is 0.0533. The largest absolute Gasteiger partial charge is 0.466 e. The molecule has 0 aliphatic rings. The zero-order valence-corrected chi connectivity index (χ0v) is 11.9. The summed E-state index contributed by atoms with van der Waals surface area (Å²) >= 11 is 0. The molecule has 0 fully saturated rings. The van der Waals surface area contributed by atoms with Gasteiger partial charge in [0, 0.05) is 12.2 Å². The van der Waals surface area contributed by atoms with Crippen molar-refractivity contribution in [3.63, 3.8) is 0 Å². The molecule has 0 heterocycles. The highest BCUT2D eigenvalue weighted by molar-refractivity contribution is 5.91. The quantitative estimate of drug-likeness (QED) is 0.328. The van der Waals surface area contributed by atoms with Crippen LogP contribution < -0.4 is 0 Å². The number of hydrogen-bond acceptors (Lipinski definition) is 5. The Morgan fingerprint density at radius 1 is 1.00 bits per heavy atom. The van der Waals surface area contributed by atoms with Gasteiger partial charge in [-0.1, -0.05) is 20.8 Å². The number of hydrogen-bond donors (Lipinski definition) is 0. The summed E-state index contributed by atoms with van der Waals surface area (Å²) in [7, 11) is 1.22. The fourth-order valence-electron chi connectivity index (χ4n) is 1.69. The summed E-state index contributed by atoms with van der Waals surface area (Å²) in [5.41, 5.74) is -0.537. The molecule has 0 aromatic carbocycles.